The van der Waals surface area contributed by atoms with Crippen molar-refractivity contribution < 1.29 is 0 Å². The van der Waals surface area contributed by atoms with Crippen LogP contribution >= 0.6 is 11.6 Å². The molecule has 2 heterocycles. The highest BCUT2D eigenvalue weighted by molar-refractivity contribution is 6.35. The molecule has 2 aromatic heterocycles. The van der Waals surface area contributed by atoms with E-state index < -0.39 is 0 Å². The number of halogens is 1. The maximum atomic E-state index is 6.40. The van der Waals surface area contributed by atoms with Crippen LogP contribution in [0.4, 0.5) is 5.95 Å². The molecule has 6 heteroatoms. The third-order valence-electron chi connectivity index (χ3n) is 3.55. The molecule has 3 aromatic rings. The van der Waals surface area contributed by atoms with Crippen LogP contribution < -0.4 is 5.73 Å². The van der Waals surface area contributed by atoms with Crippen LogP contribution in [0.15, 0.2) is 61.3 Å². The van der Waals surface area contributed by atoms with E-state index in [1.165, 1.54) is 0 Å². The van der Waals surface area contributed by atoms with Crippen LogP contribution in [-0.2, 0) is 0 Å². The minimum Gasteiger partial charge on any atom is -0.366 e. The summed E-state index contributed by atoms with van der Waals surface area (Å²) in [6.07, 6.45) is 9.07. The molecule has 0 bridgehead atoms. The summed E-state index contributed by atoms with van der Waals surface area (Å²) in [5.41, 5.74) is 9.32. The first kappa shape index (κ1) is 16.8. The number of fused-ring (bicyclic) bond motifs is 1. The van der Waals surface area contributed by atoms with Crippen LogP contribution in [0.25, 0.3) is 27.7 Å². The van der Waals surface area contributed by atoms with Gasteiger partial charge in [0.05, 0.1) is 10.5 Å². The molecule has 25 heavy (non-hydrogen) atoms. The highest BCUT2D eigenvalue weighted by Crippen LogP contribution is 2.32. The molecular weight excluding hydrogens is 334 g/mol. The number of hydrogen-bond donors (Lipinski definition) is 1. The van der Waals surface area contributed by atoms with Crippen LogP contribution in [0.3, 0.4) is 0 Å². The molecule has 0 aliphatic heterocycles. The molecular formula is C19H16ClN5. The largest absolute Gasteiger partial charge is 0.366 e. The smallest absolute Gasteiger partial charge is 0.240 e. The number of aromatic nitrogens is 4. The zero-order valence-corrected chi connectivity index (χ0v) is 14.4. The monoisotopic (exact) mass is 349 g/mol. The molecule has 2 N–H and O–H groups in total. The van der Waals surface area contributed by atoms with Crippen molar-refractivity contribution in [3.8, 4) is 11.3 Å². The van der Waals surface area contributed by atoms with Crippen molar-refractivity contribution in [2.24, 2.45) is 0 Å². The number of nitrogen functional groups attached to an aromatic ring is 1. The van der Waals surface area contributed by atoms with E-state index in [9.17, 15) is 0 Å². The van der Waals surface area contributed by atoms with Gasteiger partial charge in [0.2, 0.25) is 5.95 Å². The van der Waals surface area contributed by atoms with E-state index in [1.807, 2.05) is 49.4 Å². The number of rotatable bonds is 4. The molecule has 1 aromatic carbocycles. The molecule has 0 saturated heterocycles. The predicted molar refractivity (Wildman–Crippen MR) is 103 cm³/mol. The average molecular weight is 350 g/mol. The minimum absolute atomic E-state index is 0.103. The lowest BCUT2D eigenvalue weighted by Crippen LogP contribution is -2.04. The van der Waals surface area contributed by atoms with Gasteiger partial charge in [-0.05, 0) is 25.1 Å². The van der Waals surface area contributed by atoms with E-state index in [2.05, 4.69) is 26.7 Å². The second-order valence-electron chi connectivity index (χ2n) is 5.26. The summed E-state index contributed by atoms with van der Waals surface area (Å²) in [6.45, 7) is 5.68. The number of anilines is 1. The van der Waals surface area contributed by atoms with E-state index in [4.69, 9.17) is 17.3 Å². The second kappa shape index (κ2) is 7.23. The SMILES string of the molecule is C=C/C=C(\C=C/C)c1nc(N)nnc1-c1cc(Cl)c2ncccc2c1. The maximum Gasteiger partial charge on any atom is 0.240 e. The van der Waals surface area contributed by atoms with Crippen LogP contribution in [0.5, 0.6) is 0 Å². The van der Waals surface area contributed by atoms with Gasteiger partial charge in [-0.1, -0.05) is 48.6 Å². The highest BCUT2D eigenvalue weighted by atomic mass is 35.5. The topological polar surface area (TPSA) is 77.6 Å². The van der Waals surface area contributed by atoms with E-state index in [0.29, 0.717) is 16.4 Å². The zero-order valence-electron chi connectivity index (χ0n) is 13.6. The second-order valence-corrected chi connectivity index (χ2v) is 5.67. The van der Waals surface area contributed by atoms with Crippen molar-refractivity contribution in [2.75, 3.05) is 5.73 Å². The van der Waals surface area contributed by atoms with Gasteiger partial charge in [-0.15, -0.1) is 10.2 Å². The minimum atomic E-state index is 0.103. The summed E-state index contributed by atoms with van der Waals surface area (Å²) < 4.78 is 0. The summed E-state index contributed by atoms with van der Waals surface area (Å²) in [4.78, 5) is 8.68. The maximum absolute atomic E-state index is 6.40. The molecule has 3 rings (SSSR count). The Kier molecular flexibility index (Phi) is 4.86. The Labute approximate surface area is 150 Å². The van der Waals surface area contributed by atoms with Crippen LogP contribution in [-0.4, -0.2) is 20.2 Å². The lowest BCUT2D eigenvalue weighted by molar-refractivity contribution is 0.983. The highest BCUT2D eigenvalue weighted by Gasteiger charge is 2.15. The van der Waals surface area contributed by atoms with Gasteiger partial charge < -0.3 is 5.73 Å². The molecule has 0 unspecified atom stereocenters. The van der Waals surface area contributed by atoms with Gasteiger partial charge in [0.25, 0.3) is 0 Å². The fraction of sp³-hybridized carbons (Fsp3) is 0.0526. The molecule has 0 amide bonds. The summed E-state index contributed by atoms with van der Waals surface area (Å²) in [6, 6.07) is 7.57. The third kappa shape index (κ3) is 3.41. The summed E-state index contributed by atoms with van der Waals surface area (Å²) >= 11 is 6.40. The standard InChI is InChI=1S/C19H16ClN5/c1-3-6-12(7-4-2)17-18(24-25-19(21)23-17)14-10-13-8-5-9-22-16(13)15(20)11-14/h3-11H,1H2,2H3,(H2,21,23,25)/b7-4-,12-6+. The normalized spacial score (nSPS) is 12.0. The van der Waals surface area contributed by atoms with Crippen molar-refractivity contribution in [3.05, 3.63) is 72.1 Å². The van der Waals surface area contributed by atoms with Crippen LogP contribution in [0.1, 0.15) is 12.6 Å². The first-order valence-corrected chi connectivity index (χ1v) is 8.02. The Balaban J connectivity index is 2.28. The van der Waals surface area contributed by atoms with Gasteiger partial charge in [0, 0.05) is 22.7 Å². The molecule has 0 atom stereocenters. The lowest BCUT2D eigenvalue weighted by Gasteiger charge is -2.10. The van der Waals surface area contributed by atoms with Gasteiger partial charge >= 0.3 is 0 Å². The van der Waals surface area contributed by atoms with Gasteiger partial charge in [-0.3, -0.25) is 4.98 Å². The summed E-state index contributed by atoms with van der Waals surface area (Å²) in [5.74, 6) is 0.103. The number of benzene rings is 1. The van der Waals surface area contributed by atoms with Crippen molar-refractivity contribution in [1.29, 1.82) is 0 Å². The van der Waals surface area contributed by atoms with Gasteiger partial charge in [-0.2, -0.15) is 0 Å². The van der Waals surface area contributed by atoms with E-state index in [-0.39, 0.29) is 5.95 Å². The molecule has 0 aliphatic carbocycles. The van der Waals surface area contributed by atoms with E-state index >= 15 is 0 Å². The van der Waals surface area contributed by atoms with Gasteiger partial charge in [-0.25, -0.2) is 4.98 Å². The molecule has 5 nitrogen and oxygen atoms in total. The fourth-order valence-electron chi connectivity index (χ4n) is 2.54. The number of hydrogen-bond acceptors (Lipinski definition) is 5. The fourth-order valence-corrected chi connectivity index (χ4v) is 2.81. The quantitative estimate of drug-likeness (QED) is 0.703. The van der Waals surface area contributed by atoms with E-state index in [1.54, 1.807) is 12.3 Å². The number of nitrogens with zero attached hydrogens (tertiary/aromatic N) is 4. The predicted octanol–water partition coefficient (Wildman–Crippen LogP) is 4.47. The Morgan fingerprint density at radius 2 is 2.12 bits per heavy atom. The Bertz CT molecular complexity index is 1010. The number of nitrogens with two attached hydrogens (primary N) is 1. The van der Waals surface area contributed by atoms with E-state index in [0.717, 1.165) is 22.0 Å². The van der Waals surface area contributed by atoms with Crippen molar-refractivity contribution in [1.82, 2.24) is 20.2 Å². The van der Waals surface area contributed by atoms with Gasteiger partial charge in [0.15, 0.2) is 0 Å². The molecule has 0 fully saturated rings. The van der Waals surface area contributed by atoms with Crippen molar-refractivity contribution in [3.63, 3.8) is 0 Å². The Morgan fingerprint density at radius 3 is 2.88 bits per heavy atom. The molecule has 0 aliphatic rings. The number of allylic oxidation sites excluding steroid dienone is 5. The Morgan fingerprint density at radius 1 is 1.28 bits per heavy atom. The molecule has 0 radical (unpaired) electrons. The zero-order chi connectivity index (χ0) is 17.8. The molecule has 0 saturated carbocycles. The Hall–Kier alpha value is -3.05. The third-order valence-corrected chi connectivity index (χ3v) is 3.84. The number of pyridine rings is 1. The molecule has 124 valence electrons. The summed E-state index contributed by atoms with van der Waals surface area (Å²) in [7, 11) is 0. The first-order chi connectivity index (χ1) is 12.1. The van der Waals surface area contributed by atoms with Crippen molar-refractivity contribution >= 4 is 34.0 Å². The van der Waals surface area contributed by atoms with Crippen LogP contribution in [0.2, 0.25) is 5.02 Å². The van der Waals surface area contributed by atoms with Gasteiger partial charge in [0.1, 0.15) is 11.4 Å². The van der Waals surface area contributed by atoms with Crippen molar-refractivity contribution in [2.45, 2.75) is 6.92 Å². The molecule has 0 spiro atoms. The first-order valence-electron chi connectivity index (χ1n) is 7.64. The van der Waals surface area contributed by atoms with Crippen LogP contribution in [0, 0.1) is 0 Å². The average Bonchev–Trinajstić information content (AvgIpc) is 2.61. The lowest BCUT2D eigenvalue weighted by atomic mass is 10.0. The summed E-state index contributed by atoms with van der Waals surface area (Å²) in [5, 5.41) is 9.62.